The molecule has 0 saturated carbocycles. The zero-order valence-corrected chi connectivity index (χ0v) is 13.9. The van der Waals surface area contributed by atoms with E-state index < -0.39 is 11.8 Å². The van der Waals surface area contributed by atoms with Crippen LogP contribution in [0.2, 0.25) is 0 Å². The zero-order valence-electron chi connectivity index (χ0n) is 13.9. The summed E-state index contributed by atoms with van der Waals surface area (Å²) in [7, 11) is 0. The lowest BCUT2D eigenvalue weighted by atomic mass is 9.98. The van der Waals surface area contributed by atoms with E-state index in [1.807, 2.05) is 0 Å². The molecule has 0 heterocycles. The Bertz CT molecular complexity index is 966. The molecule has 3 aromatic carbocycles. The highest BCUT2D eigenvalue weighted by Crippen LogP contribution is 2.36. The highest BCUT2D eigenvalue weighted by atomic mass is 19.1. The van der Waals surface area contributed by atoms with Crippen LogP contribution in [0.5, 0.6) is 11.5 Å². The van der Waals surface area contributed by atoms with Crippen molar-refractivity contribution in [1.29, 1.82) is 0 Å². The van der Waals surface area contributed by atoms with Gasteiger partial charge in [0.05, 0.1) is 0 Å². The summed E-state index contributed by atoms with van der Waals surface area (Å²) in [6.45, 7) is 1.62. The third-order valence-corrected chi connectivity index (χ3v) is 3.77. The van der Waals surface area contributed by atoms with E-state index in [1.165, 1.54) is 13.0 Å². The van der Waals surface area contributed by atoms with Crippen LogP contribution in [0.3, 0.4) is 0 Å². The van der Waals surface area contributed by atoms with Crippen molar-refractivity contribution in [3.63, 3.8) is 0 Å². The van der Waals surface area contributed by atoms with Crippen LogP contribution >= 0.6 is 0 Å². The molecular formula is C21H15FO4. The molecule has 0 aliphatic rings. The Labute approximate surface area is 149 Å². The normalized spacial score (nSPS) is 10.2. The number of carbonyl (C=O) groups is 2. The van der Waals surface area contributed by atoms with Crippen molar-refractivity contribution in [2.45, 2.75) is 6.92 Å². The van der Waals surface area contributed by atoms with Crippen LogP contribution in [0, 0.1) is 5.82 Å². The second-order valence-electron chi connectivity index (χ2n) is 5.49. The molecule has 0 fully saturated rings. The van der Waals surface area contributed by atoms with Crippen LogP contribution in [-0.4, -0.2) is 12.4 Å². The number of halogens is 1. The van der Waals surface area contributed by atoms with Crippen molar-refractivity contribution in [3.8, 4) is 33.8 Å². The minimum Gasteiger partial charge on any atom is -0.428 e. The minimum atomic E-state index is -0.483. The monoisotopic (exact) mass is 350 g/mol. The van der Waals surface area contributed by atoms with Crippen molar-refractivity contribution >= 4 is 12.4 Å². The van der Waals surface area contributed by atoms with Gasteiger partial charge in [0.25, 0.3) is 6.47 Å². The Morgan fingerprint density at radius 2 is 1.54 bits per heavy atom. The average Bonchev–Trinajstić information content (AvgIpc) is 2.63. The van der Waals surface area contributed by atoms with E-state index in [0.717, 1.165) is 0 Å². The van der Waals surface area contributed by atoms with Crippen molar-refractivity contribution in [1.82, 2.24) is 0 Å². The smallest absolute Gasteiger partial charge is 0.308 e. The van der Waals surface area contributed by atoms with E-state index in [0.29, 0.717) is 34.5 Å². The summed E-state index contributed by atoms with van der Waals surface area (Å²) < 4.78 is 24.9. The van der Waals surface area contributed by atoms with Gasteiger partial charge in [-0.1, -0.05) is 48.5 Å². The van der Waals surface area contributed by atoms with Crippen molar-refractivity contribution in [2.75, 3.05) is 0 Å². The number of rotatable bonds is 5. The molecule has 26 heavy (non-hydrogen) atoms. The number of hydrogen-bond donors (Lipinski definition) is 0. The number of ether oxygens (including phenoxy) is 2. The molecule has 3 aromatic rings. The minimum absolute atomic E-state index is 0.288. The molecule has 0 radical (unpaired) electrons. The Hall–Kier alpha value is -3.47. The number of esters is 1. The summed E-state index contributed by atoms with van der Waals surface area (Å²) in [6, 6.07) is 18.3. The predicted octanol–water partition coefficient (Wildman–Crippen LogP) is 4.62. The molecule has 0 N–H and O–H groups in total. The first-order valence-electron chi connectivity index (χ1n) is 7.87. The summed E-state index contributed by atoms with van der Waals surface area (Å²) in [5.41, 5.74) is 1.94. The van der Waals surface area contributed by atoms with Crippen LogP contribution in [0.15, 0.2) is 66.7 Å². The molecule has 0 aliphatic carbocycles. The number of carbonyl (C=O) groups excluding carboxylic acids is 2. The van der Waals surface area contributed by atoms with Gasteiger partial charge in [-0.2, -0.15) is 0 Å². The maximum Gasteiger partial charge on any atom is 0.308 e. The van der Waals surface area contributed by atoms with E-state index >= 15 is 0 Å². The van der Waals surface area contributed by atoms with Gasteiger partial charge in [-0.3, -0.25) is 9.59 Å². The van der Waals surface area contributed by atoms with E-state index in [2.05, 4.69) is 0 Å². The molecule has 0 spiro atoms. The standard InChI is InChI=1S/C21H15FO4/c1-14(24)26-21-9-5-3-7-18(21)17-11-10-15(12-19(17)22)16-6-2-4-8-20(16)25-13-23/h2-13H,1H3. The molecule has 0 aromatic heterocycles. The summed E-state index contributed by atoms with van der Waals surface area (Å²) in [6.07, 6.45) is 0. The largest absolute Gasteiger partial charge is 0.428 e. The molecule has 0 unspecified atom stereocenters. The fourth-order valence-electron chi connectivity index (χ4n) is 2.69. The van der Waals surface area contributed by atoms with Gasteiger partial charge in [-0.05, 0) is 23.8 Å². The maximum atomic E-state index is 14.8. The van der Waals surface area contributed by atoms with Crippen molar-refractivity contribution in [2.24, 2.45) is 0 Å². The van der Waals surface area contributed by atoms with Crippen LogP contribution in [0.25, 0.3) is 22.3 Å². The molecule has 0 bridgehead atoms. The van der Waals surface area contributed by atoms with Crippen LogP contribution < -0.4 is 9.47 Å². The Morgan fingerprint density at radius 3 is 2.19 bits per heavy atom. The predicted molar refractivity (Wildman–Crippen MR) is 95.3 cm³/mol. The fraction of sp³-hybridized carbons (Fsp3) is 0.0476. The van der Waals surface area contributed by atoms with Gasteiger partial charge in [0.15, 0.2) is 0 Å². The van der Waals surface area contributed by atoms with Crippen molar-refractivity contribution in [3.05, 3.63) is 72.5 Å². The Kier molecular flexibility index (Phi) is 5.08. The number of para-hydroxylation sites is 2. The lowest BCUT2D eigenvalue weighted by Crippen LogP contribution is -2.03. The van der Waals surface area contributed by atoms with Gasteiger partial charge >= 0.3 is 5.97 Å². The van der Waals surface area contributed by atoms with Gasteiger partial charge in [-0.15, -0.1) is 0 Å². The van der Waals surface area contributed by atoms with Gasteiger partial charge in [-0.25, -0.2) is 4.39 Å². The highest BCUT2D eigenvalue weighted by molar-refractivity contribution is 5.79. The van der Waals surface area contributed by atoms with Crippen molar-refractivity contribution < 1.29 is 23.5 Å². The van der Waals surface area contributed by atoms with Gasteiger partial charge < -0.3 is 9.47 Å². The van der Waals surface area contributed by atoms with E-state index in [9.17, 15) is 14.0 Å². The highest BCUT2D eigenvalue weighted by Gasteiger charge is 2.14. The summed E-state index contributed by atoms with van der Waals surface area (Å²) >= 11 is 0. The third-order valence-electron chi connectivity index (χ3n) is 3.77. The quantitative estimate of drug-likeness (QED) is 0.383. The molecule has 130 valence electrons. The first-order chi connectivity index (χ1) is 12.6. The molecule has 4 nitrogen and oxygen atoms in total. The van der Waals surface area contributed by atoms with E-state index in [1.54, 1.807) is 60.7 Å². The van der Waals surface area contributed by atoms with Crippen LogP contribution in [0.4, 0.5) is 4.39 Å². The molecule has 0 atom stereocenters. The topological polar surface area (TPSA) is 52.6 Å². The van der Waals surface area contributed by atoms with Gasteiger partial charge in [0.1, 0.15) is 17.3 Å². The summed E-state index contributed by atoms with van der Waals surface area (Å²) in [5, 5.41) is 0. The zero-order chi connectivity index (χ0) is 18.5. The summed E-state index contributed by atoms with van der Waals surface area (Å²) in [4.78, 5) is 21.9. The molecule has 0 aliphatic heterocycles. The first-order valence-corrected chi connectivity index (χ1v) is 7.87. The lowest BCUT2D eigenvalue weighted by Gasteiger charge is -2.12. The second kappa shape index (κ2) is 7.61. The van der Waals surface area contributed by atoms with E-state index in [4.69, 9.17) is 9.47 Å². The second-order valence-corrected chi connectivity index (χ2v) is 5.49. The number of hydrogen-bond acceptors (Lipinski definition) is 4. The Balaban J connectivity index is 2.05. The van der Waals surface area contributed by atoms with Crippen LogP contribution in [-0.2, 0) is 9.59 Å². The van der Waals surface area contributed by atoms with Gasteiger partial charge in [0.2, 0.25) is 0 Å². The molecule has 3 rings (SSSR count). The maximum absolute atomic E-state index is 14.8. The SMILES string of the molecule is CC(=O)Oc1ccccc1-c1ccc(-c2ccccc2OC=O)cc1F. The molecule has 5 heteroatoms. The number of benzene rings is 3. The van der Waals surface area contributed by atoms with Gasteiger partial charge in [0, 0.05) is 23.6 Å². The van der Waals surface area contributed by atoms with Crippen LogP contribution in [0.1, 0.15) is 6.92 Å². The lowest BCUT2D eigenvalue weighted by molar-refractivity contribution is -0.131. The Morgan fingerprint density at radius 1 is 0.885 bits per heavy atom. The van der Waals surface area contributed by atoms with E-state index in [-0.39, 0.29) is 5.75 Å². The first kappa shape index (κ1) is 17.4. The third kappa shape index (κ3) is 3.62. The fourth-order valence-corrected chi connectivity index (χ4v) is 2.69. The molecular weight excluding hydrogens is 335 g/mol. The molecule has 0 amide bonds. The average molecular weight is 350 g/mol. The molecule has 0 saturated heterocycles. The summed E-state index contributed by atoms with van der Waals surface area (Å²) in [5.74, 6) is -0.330.